The van der Waals surface area contributed by atoms with Gasteiger partial charge in [0.1, 0.15) is 17.1 Å². The number of aromatic nitrogens is 2. The molecule has 1 aromatic heterocycles. The van der Waals surface area contributed by atoms with Crippen molar-refractivity contribution in [1.29, 1.82) is 0 Å². The van der Waals surface area contributed by atoms with E-state index in [2.05, 4.69) is 9.97 Å². The highest BCUT2D eigenvalue weighted by molar-refractivity contribution is 5.88. The Morgan fingerprint density at radius 1 is 1.44 bits per heavy atom. The molecule has 0 amide bonds. The van der Waals surface area contributed by atoms with Gasteiger partial charge in [-0.2, -0.15) is 0 Å². The highest BCUT2D eigenvalue weighted by atomic mass is 19.3. The van der Waals surface area contributed by atoms with Crippen LogP contribution in [0, 0.1) is 0 Å². The van der Waals surface area contributed by atoms with Gasteiger partial charge in [-0.15, -0.1) is 0 Å². The average Bonchev–Trinajstić information content (AvgIpc) is 2.39. The molecule has 0 radical (unpaired) electrons. The third kappa shape index (κ3) is 2.61. The second kappa shape index (κ2) is 5.34. The van der Waals surface area contributed by atoms with E-state index >= 15 is 0 Å². The number of aromatic carboxylic acids is 1. The topological polar surface area (TPSA) is 72.3 Å². The van der Waals surface area contributed by atoms with Crippen molar-refractivity contribution in [2.75, 3.05) is 13.2 Å². The van der Waals surface area contributed by atoms with Gasteiger partial charge >= 0.3 is 5.97 Å². The van der Waals surface area contributed by atoms with Crippen molar-refractivity contribution >= 4 is 5.97 Å². The van der Waals surface area contributed by atoms with Gasteiger partial charge in [0.25, 0.3) is 6.43 Å². The summed E-state index contributed by atoms with van der Waals surface area (Å²) in [6.07, 6.45) is -0.635. The standard InChI is InChI=1S/C11H12F2N2O3/c12-9(13)8-7(11(16)17)5-14-10(15-8)6-1-3-18-4-2-6/h5-6,9H,1-4H2,(H,16,17). The Morgan fingerprint density at radius 3 is 2.67 bits per heavy atom. The lowest BCUT2D eigenvalue weighted by Crippen LogP contribution is -2.18. The number of ether oxygens (including phenoxy) is 1. The Hall–Kier alpha value is -1.63. The zero-order chi connectivity index (χ0) is 13.1. The number of hydrogen-bond donors (Lipinski definition) is 1. The average molecular weight is 258 g/mol. The first-order valence-corrected chi connectivity index (χ1v) is 5.55. The van der Waals surface area contributed by atoms with Crippen LogP contribution < -0.4 is 0 Å². The fourth-order valence-electron chi connectivity index (χ4n) is 1.89. The quantitative estimate of drug-likeness (QED) is 0.897. The predicted molar refractivity (Wildman–Crippen MR) is 56.7 cm³/mol. The molecule has 1 fully saturated rings. The molecule has 0 saturated carbocycles. The van der Waals surface area contributed by atoms with Crippen LogP contribution in [0.4, 0.5) is 8.78 Å². The Balaban J connectivity index is 2.33. The molecule has 1 N–H and O–H groups in total. The molecule has 0 bridgehead atoms. The maximum Gasteiger partial charge on any atom is 0.339 e. The van der Waals surface area contributed by atoms with E-state index in [4.69, 9.17) is 9.84 Å². The van der Waals surface area contributed by atoms with Gasteiger partial charge in [0.2, 0.25) is 0 Å². The first kappa shape index (κ1) is 12.8. The summed E-state index contributed by atoms with van der Waals surface area (Å²) in [4.78, 5) is 18.4. The van der Waals surface area contributed by atoms with Crippen LogP contribution in [0.5, 0.6) is 0 Å². The van der Waals surface area contributed by atoms with Gasteiger partial charge in [0.05, 0.1) is 0 Å². The van der Waals surface area contributed by atoms with Crippen molar-refractivity contribution in [2.24, 2.45) is 0 Å². The lowest BCUT2D eigenvalue weighted by atomic mass is 9.99. The van der Waals surface area contributed by atoms with Crippen LogP contribution in [0.25, 0.3) is 0 Å². The van der Waals surface area contributed by atoms with Crippen LogP contribution in [0.1, 0.15) is 47.1 Å². The molecule has 98 valence electrons. The smallest absolute Gasteiger partial charge is 0.339 e. The highest BCUT2D eigenvalue weighted by Gasteiger charge is 2.25. The molecule has 0 atom stereocenters. The van der Waals surface area contributed by atoms with Crippen molar-refractivity contribution in [2.45, 2.75) is 25.2 Å². The minimum absolute atomic E-state index is 0.0425. The fourth-order valence-corrected chi connectivity index (χ4v) is 1.89. The van der Waals surface area contributed by atoms with Gasteiger partial charge in [0, 0.05) is 25.3 Å². The third-order valence-corrected chi connectivity index (χ3v) is 2.86. The van der Waals surface area contributed by atoms with Crippen molar-refractivity contribution in [1.82, 2.24) is 9.97 Å². The Bertz CT molecular complexity index is 448. The summed E-state index contributed by atoms with van der Waals surface area (Å²) in [5.41, 5.74) is -1.25. The fraction of sp³-hybridized carbons (Fsp3) is 0.545. The minimum atomic E-state index is -2.92. The maximum absolute atomic E-state index is 12.8. The Kier molecular flexibility index (Phi) is 3.81. The molecule has 18 heavy (non-hydrogen) atoms. The maximum atomic E-state index is 12.8. The Labute approximate surface area is 102 Å². The summed E-state index contributed by atoms with van der Waals surface area (Å²) < 4.78 is 30.7. The van der Waals surface area contributed by atoms with Crippen LogP contribution >= 0.6 is 0 Å². The molecule has 2 heterocycles. The number of hydrogen-bond acceptors (Lipinski definition) is 4. The van der Waals surface area contributed by atoms with Gasteiger partial charge in [0.15, 0.2) is 0 Å². The predicted octanol–water partition coefficient (Wildman–Crippen LogP) is 2.01. The normalized spacial score (nSPS) is 17.1. The van der Waals surface area contributed by atoms with Gasteiger partial charge in [-0.25, -0.2) is 23.5 Å². The SMILES string of the molecule is O=C(O)c1cnc(C2CCOCC2)nc1C(F)F. The van der Waals surface area contributed by atoms with E-state index in [1.807, 2.05) is 0 Å². The molecule has 1 saturated heterocycles. The van der Waals surface area contributed by atoms with Crippen LogP contribution in [0.15, 0.2) is 6.20 Å². The van der Waals surface area contributed by atoms with E-state index in [9.17, 15) is 13.6 Å². The number of carboxylic acids is 1. The van der Waals surface area contributed by atoms with E-state index in [1.165, 1.54) is 0 Å². The second-order valence-corrected chi connectivity index (χ2v) is 4.02. The molecule has 0 aliphatic carbocycles. The first-order chi connectivity index (χ1) is 8.59. The number of rotatable bonds is 3. The van der Waals surface area contributed by atoms with Crippen LogP contribution in [0.3, 0.4) is 0 Å². The second-order valence-electron chi connectivity index (χ2n) is 4.02. The van der Waals surface area contributed by atoms with E-state index in [0.717, 1.165) is 6.20 Å². The number of alkyl halides is 2. The summed E-state index contributed by atoms with van der Waals surface area (Å²) in [7, 11) is 0. The van der Waals surface area contributed by atoms with E-state index in [0.29, 0.717) is 26.1 Å². The van der Waals surface area contributed by atoms with Crippen LogP contribution in [-0.2, 0) is 4.74 Å². The zero-order valence-corrected chi connectivity index (χ0v) is 9.47. The monoisotopic (exact) mass is 258 g/mol. The summed E-state index contributed by atoms with van der Waals surface area (Å²) >= 11 is 0. The lowest BCUT2D eigenvalue weighted by Gasteiger charge is -2.21. The summed E-state index contributed by atoms with van der Waals surface area (Å²) in [5, 5.41) is 8.78. The zero-order valence-electron chi connectivity index (χ0n) is 9.47. The van der Waals surface area contributed by atoms with E-state index in [1.54, 1.807) is 0 Å². The molecule has 2 rings (SSSR count). The van der Waals surface area contributed by atoms with E-state index in [-0.39, 0.29) is 11.7 Å². The third-order valence-electron chi connectivity index (χ3n) is 2.86. The number of carboxylic acid groups (broad SMARTS) is 1. The molecule has 0 aromatic carbocycles. The van der Waals surface area contributed by atoms with Gasteiger partial charge < -0.3 is 9.84 Å². The van der Waals surface area contributed by atoms with Gasteiger partial charge in [-0.05, 0) is 12.8 Å². The number of carbonyl (C=O) groups is 1. The van der Waals surface area contributed by atoms with E-state index < -0.39 is 23.7 Å². The first-order valence-electron chi connectivity index (χ1n) is 5.55. The molecule has 0 unspecified atom stereocenters. The Morgan fingerprint density at radius 2 is 2.11 bits per heavy atom. The lowest BCUT2D eigenvalue weighted by molar-refractivity contribution is 0.0678. The molecule has 1 aliphatic rings. The van der Waals surface area contributed by atoms with Crippen LogP contribution in [-0.4, -0.2) is 34.3 Å². The minimum Gasteiger partial charge on any atom is -0.478 e. The number of nitrogens with zero attached hydrogens (tertiary/aromatic N) is 2. The van der Waals surface area contributed by atoms with Crippen molar-refractivity contribution in [3.63, 3.8) is 0 Å². The summed E-state index contributed by atoms with van der Waals surface area (Å²) in [5.74, 6) is -1.21. The molecule has 1 aromatic rings. The van der Waals surface area contributed by atoms with Crippen LogP contribution in [0.2, 0.25) is 0 Å². The molecule has 7 heteroatoms. The van der Waals surface area contributed by atoms with Crippen molar-refractivity contribution in [3.05, 3.63) is 23.3 Å². The van der Waals surface area contributed by atoms with Gasteiger partial charge in [-0.1, -0.05) is 0 Å². The molecular weight excluding hydrogens is 246 g/mol. The number of halogens is 2. The van der Waals surface area contributed by atoms with Crippen molar-refractivity contribution in [3.8, 4) is 0 Å². The summed E-state index contributed by atoms with van der Waals surface area (Å²) in [6.45, 7) is 1.08. The van der Waals surface area contributed by atoms with Crippen molar-refractivity contribution < 1.29 is 23.4 Å². The van der Waals surface area contributed by atoms with Gasteiger partial charge in [-0.3, -0.25) is 0 Å². The molecule has 1 aliphatic heterocycles. The molecule has 5 nitrogen and oxygen atoms in total. The summed E-state index contributed by atoms with van der Waals surface area (Å²) in [6, 6.07) is 0. The highest BCUT2D eigenvalue weighted by Crippen LogP contribution is 2.27. The molecular formula is C11H12F2N2O3. The molecule has 0 spiro atoms. The largest absolute Gasteiger partial charge is 0.478 e.